The molecule has 0 radical (unpaired) electrons. The quantitative estimate of drug-likeness (QED) is 0.740. The van der Waals surface area contributed by atoms with Gasteiger partial charge in [0.25, 0.3) is 5.91 Å². The van der Waals surface area contributed by atoms with E-state index < -0.39 is 5.97 Å². The van der Waals surface area contributed by atoms with Crippen molar-refractivity contribution in [3.8, 4) is 0 Å². The average molecular weight is 350 g/mol. The summed E-state index contributed by atoms with van der Waals surface area (Å²) >= 11 is 0. The van der Waals surface area contributed by atoms with Gasteiger partial charge in [-0.2, -0.15) is 0 Å². The van der Waals surface area contributed by atoms with Crippen LogP contribution in [0.1, 0.15) is 59.3 Å². The molecule has 4 saturated carbocycles. The molecule has 0 aromatic heterocycles. The first kappa shape index (κ1) is 18.2. The maximum atomic E-state index is 12.7. The molecule has 0 aromatic rings. The predicted molar refractivity (Wildman–Crippen MR) is 92.5 cm³/mol. The molecule has 0 unspecified atom stereocenters. The number of carbonyl (C=O) groups excluding carboxylic acids is 3. The van der Waals surface area contributed by atoms with E-state index >= 15 is 0 Å². The Bertz CT molecular complexity index is 529. The van der Waals surface area contributed by atoms with Crippen molar-refractivity contribution in [1.82, 2.24) is 10.6 Å². The van der Waals surface area contributed by atoms with Crippen molar-refractivity contribution < 1.29 is 19.1 Å². The van der Waals surface area contributed by atoms with Crippen LogP contribution in [0.4, 0.5) is 0 Å². The van der Waals surface area contributed by atoms with Crippen LogP contribution in [0.15, 0.2) is 0 Å². The van der Waals surface area contributed by atoms with Gasteiger partial charge in [0.15, 0.2) is 6.61 Å². The summed E-state index contributed by atoms with van der Waals surface area (Å²) in [6, 6.07) is 0. The Morgan fingerprint density at radius 1 is 1.00 bits per heavy atom. The van der Waals surface area contributed by atoms with Crippen molar-refractivity contribution in [3.63, 3.8) is 0 Å². The number of rotatable bonds is 5. The van der Waals surface area contributed by atoms with Gasteiger partial charge < -0.3 is 15.4 Å². The molecule has 4 rings (SSSR count). The first-order valence-electron chi connectivity index (χ1n) is 9.40. The summed E-state index contributed by atoms with van der Waals surface area (Å²) in [5.74, 6) is 1.15. The van der Waals surface area contributed by atoms with E-state index in [0.717, 1.165) is 19.3 Å². The van der Waals surface area contributed by atoms with Crippen LogP contribution in [0, 0.1) is 23.2 Å². The van der Waals surface area contributed by atoms with Gasteiger partial charge in [0.2, 0.25) is 5.91 Å². The lowest BCUT2D eigenvalue weighted by Gasteiger charge is -2.55. The lowest BCUT2D eigenvalue weighted by atomic mass is 9.49. The van der Waals surface area contributed by atoms with E-state index in [2.05, 4.69) is 10.6 Å². The Hall–Kier alpha value is -1.59. The van der Waals surface area contributed by atoms with Crippen LogP contribution in [-0.2, 0) is 19.1 Å². The molecule has 6 nitrogen and oxygen atoms in total. The van der Waals surface area contributed by atoms with Crippen LogP contribution in [0.2, 0.25) is 0 Å². The summed E-state index contributed by atoms with van der Waals surface area (Å²) < 4.78 is 4.95. The number of amides is 2. The van der Waals surface area contributed by atoms with Crippen molar-refractivity contribution in [3.05, 3.63) is 0 Å². The molecular formula is C19H30N2O4. The second-order valence-electron chi connectivity index (χ2n) is 9.34. The summed E-state index contributed by atoms with van der Waals surface area (Å²) in [7, 11) is 0. The third-order valence-corrected chi connectivity index (χ3v) is 5.79. The molecule has 0 heterocycles. The number of hydrogen-bond donors (Lipinski definition) is 2. The van der Waals surface area contributed by atoms with Crippen LogP contribution in [0.3, 0.4) is 0 Å². The van der Waals surface area contributed by atoms with Gasteiger partial charge in [-0.1, -0.05) is 0 Å². The molecule has 0 aromatic carbocycles. The lowest BCUT2D eigenvalue weighted by Crippen LogP contribution is -2.54. The van der Waals surface area contributed by atoms with Crippen LogP contribution in [0.5, 0.6) is 0 Å². The SMILES string of the molecule is CC(C)(C)NC(=O)COC(=O)CNC(=O)C12CC3CC(CC(C3)C1)C2. The standard InChI is InChI=1S/C19H30N2O4/c1-18(2,3)21-15(22)11-25-16(23)10-20-17(24)19-7-12-4-13(8-19)6-14(5-12)9-19/h12-14H,4-11H2,1-3H3,(H,20,24)(H,21,22). The van der Waals surface area contributed by atoms with Crippen molar-refractivity contribution in [2.45, 2.75) is 64.8 Å². The van der Waals surface area contributed by atoms with E-state index in [9.17, 15) is 14.4 Å². The van der Waals surface area contributed by atoms with Crippen molar-refractivity contribution in [2.75, 3.05) is 13.2 Å². The maximum Gasteiger partial charge on any atom is 0.325 e. The summed E-state index contributed by atoms with van der Waals surface area (Å²) in [5, 5.41) is 5.49. The first-order valence-corrected chi connectivity index (χ1v) is 9.40. The van der Waals surface area contributed by atoms with Crippen molar-refractivity contribution in [2.24, 2.45) is 23.2 Å². The van der Waals surface area contributed by atoms with Crippen LogP contribution in [-0.4, -0.2) is 36.5 Å². The number of hydrogen-bond acceptors (Lipinski definition) is 4. The van der Waals surface area contributed by atoms with Gasteiger partial charge in [0.1, 0.15) is 6.54 Å². The third-order valence-electron chi connectivity index (χ3n) is 5.79. The number of carbonyl (C=O) groups is 3. The minimum Gasteiger partial charge on any atom is -0.454 e. The number of nitrogens with one attached hydrogen (secondary N) is 2. The average Bonchev–Trinajstić information content (AvgIpc) is 2.47. The summed E-state index contributed by atoms with van der Waals surface area (Å²) in [6.45, 7) is 5.10. The van der Waals surface area contributed by atoms with E-state index in [1.165, 1.54) is 19.3 Å². The Labute approximate surface area is 149 Å². The molecule has 0 saturated heterocycles. The third kappa shape index (κ3) is 4.33. The van der Waals surface area contributed by atoms with Gasteiger partial charge in [-0.15, -0.1) is 0 Å². The molecule has 4 aliphatic rings. The highest BCUT2D eigenvalue weighted by Gasteiger charge is 2.54. The Kier molecular flexibility index (Phi) is 4.82. The largest absolute Gasteiger partial charge is 0.454 e. The minimum atomic E-state index is -0.567. The van der Waals surface area contributed by atoms with Gasteiger partial charge in [-0.3, -0.25) is 14.4 Å². The predicted octanol–water partition coefficient (Wildman–Crippen LogP) is 1.78. The van der Waals surface area contributed by atoms with Gasteiger partial charge >= 0.3 is 5.97 Å². The molecular weight excluding hydrogens is 320 g/mol. The molecule has 4 aliphatic carbocycles. The van der Waals surface area contributed by atoms with Crippen LogP contribution < -0.4 is 10.6 Å². The molecule has 0 atom stereocenters. The fourth-order valence-electron chi connectivity index (χ4n) is 5.38. The number of ether oxygens (including phenoxy) is 1. The molecule has 4 bridgehead atoms. The Balaban J connectivity index is 1.43. The smallest absolute Gasteiger partial charge is 0.325 e. The maximum absolute atomic E-state index is 12.7. The molecule has 0 spiro atoms. The zero-order chi connectivity index (χ0) is 18.2. The molecule has 2 amide bonds. The normalized spacial score (nSPS) is 33.0. The molecule has 6 heteroatoms. The molecule has 2 N–H and O–H groups in total. The Morgan fingerprint density at radius 3 is 2.00 bits per heavy atom. The monoisotopic (exact) mass is 350 g/mol. The van der Waals surface area contributed by atoms with Crippen molar-refractivity contribution >= 4 is 17.8 Å². The van der Waals surface area contributed by atoms with E-state index in [4.69, 9.17) is 4.74 Å². The van der Waals surface area contributed by atoms with E-state index in [1.807, 2.05) is 20.8 Å². The highest BCUT2D eigenvalue weighted by Crippen LogP contribution is 2.60. The van der Waals surface area contributed by atoms with E-state index in [-0.39, 0.29) is 35.9 Å². The zero-order valence-electron chi connectivity index (χ0n) is 15.5. The molecule has 140 valence electrons. The van der Waals surface area contributed by atoms with Crippen molar-refractivity contribution in [1.29, 1.82) is 0 Å². The summed E-state index contributed by atoms with van der Waals surface area (Å²) in [6.07, 6.45) is 6.72. The van der Waals surface area contributed by atoms with Gasteiger partial charge in [-0.05, 0) is 77.0 Å². The summed E-state index contributed by atoms with van der Waals surface area (Å²) in [5.41, 5.74) is -0.630. The topological polar surface area (TPSA) is 84.5 Å². The molecule has 25 heavy (non-hydrogen) atoms. The number of esters is 1. The second-order valence-corrected chi connectivity index (χ2v) is 9.34. The van der Waals surface area contributed by atoms with Crippen LogP contribution >= 0.6 is 0 Å². The zero-order valence-corrected chi connectivity index (χ0v) is 15.5. The highest BCUT2D eigenvalue weighted by atomic mass is 16.5. The highest BCUT2D eigenvalue weighted by molar-refractivity contribution is 5.87. The lowest BCUT2D eigenvalue weighted by molar-refractivity contribution is -0.152. The van der Waals surface area contributed by atoms with Gasteiger partial charge in [0, 0.05) is 11.0 Å². The van der Waals surface area contributed by atoms with Gasteiger partial charge in [0.05, 0.1) is 0 Å². The summed E-state index contributed by atoms with van der Waals surface area (Å²) in [4.78, 5) is 36.2. The van der Waals surface area contributed by atoms with E-state index in [1.54, 1.807) is 0 Å². The first-order chi connectivity index (χ1) is 11.7. The van der Waals surface area contributed by atoms with E-state index in [0.29, 0.717) is 17.8 Å². The molecule has 0 aliphatic heterocycles. The fraction of sp³-hybridized carbons (Fsp3) is 0.842. The second kappa shape index (κ2) is 6.61. The fourth-order valence-corrected chi connectivity index (χ4v) is 5.38. The van der Waals surface area contributed by atoms with Crippen LogP contribution in [0.25, 0.3) is 0 Å². The Morgan fingerprint density at radius 2 is 1.52 bits per heavy atom. The minimum absolute atomic E-state index is 0.00249. The van der Waals surface area contributed by atoms with Gasteiger partial charge in [-0.25, -0.2) is 0 Å². The molecule has 4 fully saturated rings.